The smallest absolute Gasteiger partial charge is 0.251 e. The number of hydrogen-bond acceptors (Lipinski definition) is 4. The molecular formula is C24H24N2O3. The predicted octanol–water partition coefficient (Wildman–Crippen LogP) is 4.61. The molecule has 1 N–H and O–H groups in total. The van der Waals surface area contributed by atoms with Crippen molar-refractivity contribution >= 4 is 5.91 Å². The summed E-state index contributed by atoms with van der Waals surface area (Å²) >= 11 is 0. The van der Waals surface area contributed by atoms with Crippen LogP contribution in [-0.4, -0.2) is 17.5 Å². The molecule has 2 heterocycles. The summed E-state index contributed by atoms with van der Waals surface area (Å²) in [6.07, 6.45) is 3.46. The minimum atomic E-state index is -0.0921. The predicted molar refractivity (Wildman–Crippen MR) is 111 cm³/mol. The highest BCUT2D eigenvalue weighted by Gasteiger charge is 2.21. The van der Waals surface area contributed by atoms with Crippen molar-refractivity contribution in [1.29, 1.82) is 0 Å². The van der Waals surface area contributed by atoms with Gasteiger partial charge < -0.3 is 14.8 Å². The van der Waals surface area contributed by atoms with Crippen molar-refractivity contribution < 1.29 is 14.3 Å². The van der Waals surface area contributed by atoms with Gasteiger partial charge in [-0.1, -0.05) is 30.3 Å². The molecule has 0 spiro atoms. The fraction of sp³-hybridized carbons (Fsp3) is 0.250. The number of carbonyl (C=O) groups excluding carboxylic acids is 1. The van der Waals surface area contributed by atoms with E-state index in [1.165, 1.54) is 0 Å². The van der Waals surface area contributed by atoms with Gasteiger partial charge in [-0.2, -0.15) is 0 Å². The Labute approximate surface area is 170 Å². The topological polar surface area (TPSA) is 60.5 Å². The lowest BCUT2D eigenvalue weighted by atomic mass is 10.0. The maximum absolute atomic E-state index is 12.9. The van der Waals surface area contributed by atoms with Gasteiger partial charge in [-0.15, -0.1) is 0 Å². The molecule has 29 heavy (non-hydrogen) atoms. The van der Waals surface area contributed by atoms with Crippen molar-refractivity contribution in [3.8, 4) is 11.5 Å². The van der Waals surface area contributed by atoms with Crippen LogP contribution in [0.25, 0.3) is 0 Å². The molecule has 0 bridgehead atoms. The first-order chi connectivity index (χ1) is 14.2. The van der Waals surface area contributed by atoms with E-state index < -0.39 is 0 Å². The monoisotopic (exact) mass is 388 g/mol. The van der Waals surface area contributed by atoms with Crippen LogP contribution in [0.5, 0.6) is 11.5 Å². The Morgan fingerprint density at radius 2 is 2.07 bits per heavy atom. The largest absolute Gasteiger partial charge is 0.493 e. The van der Waals surface area contributed by atoms with E-state index in [9.17, 15) is 4.79 Å². The van der Waals surface area contributed by atoms with Gasteiger partial charge in [0.2, 0.25) is 0 Å². The number of pyridine rings is 1. The molecule has 1 atom stereocenters. The Morgan fingerprint density at radius 1 is 1.17 bits per heavy atom. The van der Waals surface area contributed by atoms with Crippen LogP contribution in [0, 0.1) is 6.92 Å². The minimum absolute atomic E-state index is 0.0558. The normalized spacial score (nSPS) is 15.6. The summed E-state index contributed by atoms with van der Waals surface area (Å²) < 4.78 is 11.6. The highest BCUT2D eigenvalue weighted by atomic mass is 16.5. The van der Waals surface area contributed by atoms with Gasteiger partial charge in [0, 0.05) is 16.8 Å². The SMILES string of the molecule is Cc1ccc(OCc2cccc(C(=O)NC3CCCOc4ccccc43)c2)cn1. The number of nitrogens with one attached hydrogen (secondary N) is 1. The van der Waals surface area contributed by atoms with E-state index in [1.807, 2.05) is 67.6 Å². The molecule has 5 nitrogen and oxygen atoms in total. The first-order valence-electron chi connectivity index (χ1n) is 9.86. The third kappa shape index (κ3) is 4.74. The molecule has 1 amide bonds. The minimum Gasteiger partial charge on any atom is -0.493 e. The summed E-state index contributed by atoms with van der Waals surface area (Å²) in [4.78, 5) is 17.1. The number of aromatic nitrogens is 1. The van der Waals surface area contributed by atoms with Crippen LogP contribution in [0.2, 0.25) is 0 Å². The van der Waals surface area contributed by atoms with E-state index >= 15 is 0 Å². The first kappa shape index (κ1) is 19.0. The highest BCUT2D eigenvalue weighted by molar-refractivity contribution is 5.94. The number of carbonyl (C=O) groups is 1. The summed E-state index contributed by atoms with van der Waals surface area (Å²) in [5.74, 6) is 1.47. The number of amides is 1. The first-order valence-corrected chi connectivity index (χ1v) is 9.86. The third-order valence-electron chi connectivity index (χ3n) is 4.97. The zero-order valence-corrected chi connectivity index (χ0v) is 16.4. The average molecular weight is 388 g/mol. The number of ether oxygens (including phenoxy) is 2. The van der Waals surface area contributed by atoms with Gasteiger partial charge in [0.1, 0.15) is 18.1 Å². The highest BCUT2D eigenvalue weighted by Crippen LogP contribution is 2.31. The van der Waals surface area contributed by atoms with Gasteiger partial charge in [0.25, 0.3) is 5.91 Å². The summed E-state index contributed by atoms with van der Waals surface area (Å²) in [7, 11) is 0. The molecule has 148 valence electrons. The van der Waals surface area contributed by atoms with Gasteiger partial charge in [-0.05, 0) is 55.7 Å². The quantitative estimate of drug-likeness (QED) is 0.693. The van der Waals surface area contributed by atoms with Crippen molar-refractivity contribution in [2.24, 2.45) is 0 Å². The van der Waals surface area contributed by atoms with Crippen LogP contribution in [0.3, 0.4) is 0 Å². The zero-order valence-electron chi connectivity index (χ0n) is 16.4. The maximum Gasteiger partial charge on any atom is 0.251 e. The summed E-state index contributed by atoms with van der Waals surface area (Å²) in [5, 5.41) is 3.17. The second-order valence-electron chi connectivity index (χ2n) is 7.18. The Hall–Kier alpha value is -3.34. The summed E-state index contributed by atoms with van der Waals surface area (Å²) in [6.45, 7) is 2.99. The molecule has 1 aliphatic heterocycles. The van der Waals surface area contributed by atoms with Crippen LogP contribution in [0.15, 0.2) is 66.9 Å². The van der Waals surface area contributed by atoms with Crippen LogP contribution in [0.4, 0.5) is 0 Å². The fourth-order valence-corrected chi connectivity index (χ4v) is 3.43. The van der Waals surface area contributed by atoms with E-state index in [4.69, 9.17) is 9.47 Å². The molecule has 5 heteroatoms. The number of benzene rings is 2. The molecule has 0 aliphatic carbocycles. The lowest BCUT2D eigenvalue weighted by Gasteiger charge is -2.18. The number of hydrogen-bond donors (Lipinski definition) is 1. The van der Waals surface area contributed by atoms with Crippen molar-refractivity contribution in [3.63, 3.8) is 0 Å². The number of para-hydroxylation sites is 1. The second kappa shape index (κ2) is 8.78. The number of rotatable bonds is 5. The van der Waals surface area contributed by atoms with Crippen LogP contribution in [0.1, 0.15) is 46.1 Å². The molecule has 0 fully saturated rings. The number of aryl methyl sites for hydroxylation is 1. The second-order valence-corrected chi connectivity index (χ2v) is 7.18. The van der Waals surface area contributed by atoms with E-state index in [1.54, 1.807) is 6.20 Å². The van der Waals surface area contributed by atoms with E-state index in [0.717, 1.165) is 35.4 Å². The van der Waals surface area contributed by atoms with Crippen molar-refractivity contribution in [3.05, 3.63) is 89.2 Å². The molecule has 1 aromatic heterocycles. The average Bonchev–Trinajstić information content (AvgIpc) is 2.96. The Kier molecular flexibility index (Phi) is 5.75. The lowest BCUT2D eigenvalue weighted by Crippen LogP contribution is -2.28. The number of fused-ring (bicyclic) bond motifs is 1. The molecule has 4 rings (SSSR count). The van der Waals surface area contributed by atoms with Gasteiger partial charge in [-0.25, -0.2) is 0 Å². The Balaban J connectivity index is 1.44. The molecule has 0 radical (unpaired) electrons. The molecule has 0 saturated heterocycles. The fourth-order valence-electron chi connectivity index (χ4n) is 3.43. The van der Waals surface area contributed by atoms with Gasteiger partial charge in [-0.3, -0.25) is 9.78 Å². The van der Waals surface area contributed by atoms with Crippen LogP contribution >= 0.6 is 0 Å². The molecular weight excluding hydrogens is 364 g/mol. The van der Waals surface area contributed by atoms with Crippen molar-refractivity contribution in [2.45, 2.75) is 32.4 Å². The zero-order chi connectivity index (χ0) is 20.1. The molecule has 0 saturated carbocycles. The summed E-state index contributed by atoms with van der Waals surface area (Å²) in [5.41, 5.74) is 3.53. The van der Waals surface area contributed by atoms with E-state index in [0.29, 0.717) is 24.5 Å². The van der Waals surface area contributed by atoms with Gasteiger partial charge in [0.05, 0.1) is 18.8 Å². The van der Waals surface area contributed by atoms with E-state index in [-0.39, 0.29) is 11.9 Å². The van der Waals surface area contributed by atoms with Crippen LogP contribution in [-0.2, 0) is 6.61 Å². The Morgan fingerprint density at radius 3 is 2.93 bits per heavy atom. The van der Waals surface area contributed by atoms with E-state index in [2.05, 4.69) is 10.3 Å². The van der Waals surface area contributed by atoms with Gasteiger partial charge >= 0.3 is 0 Å². The number of nitrogens with zero attached hydrogens (tertiary/aromatic N) is 1. The van der Waals surface area contributed by atoms with Gasteiger partial charge in [0.15, 0.2) is 0 Å². The standard InChI is InChI=1S/C24H24N2O3/c1-17-11-12-20(15-25-17)29-16-18-6-4-7-19(14-18)24(27)26-22-9-5-13-28-23-10-3-2-8-21(22)23/h2-4,6-8,10-12,14-15,22H,5,9,13,16H2,1H3,(H,26,27). The van der Waals surface area contributed by atoms with Crippen LogP contribution < -0.4 is 14.8 Å². The molecule has 1 unspecified atom stereocenters. The molecule has 1 aliphatic rings. The third-order valence-corrected chi connectivity index (χ3v) is 4.97. The molecule has 2 aromatic carbocycles. The van der Waals surface area contributed by atoms with Crippen molar-refractivity contribution in [1.82, 2.24) is 10.3 Å². The Bertz CT molecular complexity index is 985. The van der Waals surface area contributed by atoms with Crippen molar-refractivity contribution in [2.75, 3.05) is 6.61 Å². The lowest BCUT2D eigenvalue weighted by molar-refractivity contribution is 0.0934. The summed E-state index contributed by atoms with van der Waals surface area (Å²) in [6, 6.07) is 19.2. The molecule has 3 aromatic rings. The maximum atomic E-state index is 12.9.